The van der Waals surface area contributed by atoms with E-state index in [0.29, 0.717) is 6.04 Å². The molecule has 0 amide bonds. The third-order valence-electron chi connectivity index (χ3n) is 3.88. The number of anilines is 1. The fourth-order valence-corrected chi connectivity index (χ4v) is 2.64. The summed E-state index contributed by atoms with van der Waals surface area (Å²) in [5, 5.41) is 15.8. The standard InChI is InChI=1S/C16H24N6O/c1-13(2)22-7-5-14(20-22)11-21-8-9-23-15(12-21)10-17-16-4-3-6-18-19-16/h3-7,13,15H,8-12H2,1-2H3,(H,17,19)/t15-/m0/s1. The maximum atomic E-state index is 5.83. The normalized spacial score (nSPS) is 19.2. The van der Waals surface area contributed by atoms with Gasteiger partial charge in [0.15, 0.2) is 0 Å². The van der Waals surface area contributed by atoms with E-state index >= 15 is 0 Å². The molecule has 2 aromatic rings. The lowest BCUT2D eigenvalue weighted by atomic mass is 10.2. The van der Waals surface area contributed by atoms with E-state index in [1.165, 1.54) is 0 Å². The third kappa shape index (κ3) is 4.49. The summed E-state index contributed by atoms with van der Waals surface area (Å²) in [5.41, 5.74) is 1.11. The van der Waals surface area contributed by atoms with Gasteiger partial charge in [-0.3, -0.25) is 9.58 Å². The molecule has 0 unspecified atom stereocenters. The number of morpholine rings is 1. The molecule has 124 valence electrons. The summed E-state index contributed by atoms with van der Waals surface area (Å²) in [6.45, 7) is 8.45. The highest BCUT2D eigenvalue weighted by Gasteiger charge is 2.21. The Labute approximate surface area is 136 Å². The Hall–Kier alpha value is -1.99. The van der Waals surface area contributed by atoms with Crippen LogP contribution in [-0.4, -0.2) is 57.2 Å². The van der Waals surface area contributed by atoms with Crippen molar-refractivity contribution < 1.29 is 4.74 Å². The Kier molecular flexibility index (Phi) is 5.19. The van der Waals surface area contributed by atoms with E-state index in [1.54, 1.807) is 6.20 Å². The van der Waals surface area contributed by atoms with Crippen molar-refractivity contribution in [3.63, 3.8) is 0 Å². The molecule has 1 aliphatic rings. The first-order valence-corrected chi connectivity index (χ1v) is 8.10. The second-order valence-electron chi connectivity index (χ2n) is 6.10. The summed E-state index contributed by atoms with van der Waals surface area (Å²) in [7, 11) is 0. The Bertz CT molecular complexity index is 600. The fourth-order valence-electron chi connectivity index (χ4n) is 2.64. The van der Waals surface area contributed by atoms with Gasteiger partial charge in [0.2, 0.25) is 0 Å². The van der Waals surface area contributed by atoms with Crippen LogP contribution in [0.4, 0.5) is 5.82 Å². The number of nitrogens with one attached hydrogen (secondary N) is 1. The molecule has 0 aliphatic carbocycles. The highest BCUT2D eigenvalue weighted by molar-refractivity contribution is 5.31. The molecule has 1 aliphatic heterocycles. The van der Waals surface area contributed by atoms with Crippen LogP contribution in [0.3, 0.4) is 0 Å². The van der Waals surface area contributed by atoms with Gasteiger partial charge in [-0.25, -0.2) is 0 Å². The number of rotatable bonds is 6. The minimum Gasteiger partial charge on any atom is -0.374 e. The van der Waals surface area contributed by atoms with Gasteiger partial charge < -0.3 is 10.1 Å². The first kappa shape index (κ1) is 15.9. The zero-order chi connectivity index (χ0) is 16.1. The van der Waals surface area contributed by atoms with Gasteiger partial charge in [0, 0.05) is 44.6 Å². The zero-order valence-electron chi connectivity index (χ0n) is 13.7. The fraction of sp³-hybridized carbons (Fsp3) is 0.562. The van der Waals surface area contributed by atoms with Gasteiger partial charge in [0.1, 0.15) is 5.82 Å². The van der Waals surface area contributed by atoms with E-state index < -0.39 is 0 Å². The molecule has 7 heteroatoms. The van der Waals surface area contributed by atoms with Crippen molar-refractivity contribution in [3.05, 3.63) is 36.3 Å². The van der Waals surface area contributed by atoms with E-state index in [2.05, 4.69) is 45.4 Å². The SMILES string of the molecule is CC(C)n1ccc(CN2CCO[C@@H](CNc3cccnn3)C2)n1. The van der Waals surface area contributed by atoms with Crippen LogP contribution in [0.25, 0.3) is 0 Å². The topological polar surface area (TPSA) is 68.1 Å². The van der Waals surface area contributed by atoms with Gasteiger partial charge >= 0.3 is 0 Å². The average molecular weight is 316 g/mol. The van der Waals surface area contributed by atoms with Crippen molar-refractivity contribution in [2.45, 2.75) is 32.5 Å². The van der Waals surface area contributed by atoms with E-state index in [9.17, 15) is 0 Å². The van der Waals surface area contributed by atoms with E-state index in [-0.39, 0.29) is 6.10 Å². The monoisotopic (exact) mass is 316 g/mol. The largest absolute Gasteiger partial charge is 0.374 e. The van der Waals surface area contributed by atoms with E-state index in [4.69, 9.17) is 4.74 Å². The summed E-state index contributed by atoms with van der Waals surface area (Å²) in [6.07, 6.45) is 3.87. The third-order valence-corrected chi connectivity index (χ3v) is 3.88. The molecular formula is C16H24N6O. The molecule has 1 atom stereocenters. The van der Waals surface area contributed by atoms with E-state index in [1.807, 2.05) is 23.0 Å². The minimum absolute atomic E-state index is 0.151. The molecule has 3 rings (SSSR count). The summed E-state index contributed by atoms with van der Waals surface area (Å²) >= 11 is 0. The quantitative estimate of drug-likeness (QED) is 0.872. The second kappa shape index (κ2) is 7.52. The molecule has 3 heterocycles. The lowest BCUT2D eigenvalue weighted by Gasteiger charge is -2.32. The smallest absolute Gasteiger partial charge is 0.148 e. The molecule has 0 spiro atoms. The molecule has 2 aromatic heterocycles. The van der Waals surface area contributed by atoms with Crippen molar-refractivity contribution in [3.8, 4) is 0 Å². The van der Waals surface area contributed by atoms with Crippen LogP contribution in [0, 0.1) is 0 Å². The van der Waals surface area contributed by atoms with Crippen LogP contribution in [-0.2, 0) is 11.3 Å². The van der Waals surface area contributed by atoms with E-state index in [0.717, 1.165) is 44.3 Å². The molecule has 23 heavy (non-hydrogen) atoms. The number of aromatic nitrogens is 4. The molecule has 0 saturated carbocycles. The predicted molar refractivity (Wildman–Crippen MR) is 88.2 cm³/mol. The summed E-state index contributed by atoms with van der Waals surface area (Å²) in [5.74, 6) is 0.781. The van der Waals surface area contributed by atoms with Gasteiger partial charge in [0.05, 0.1) is 18.4 Å². The van der Waals surface area contributed by atoms with Crippen LogP contribution in [0.1, 0.15) is 25.6 Å². The lowest BCUT2D eigenvalue weighted by molar-refractivity contribution is -0.0245. The first-order chi connectivity index (χ1) is 11.2. The molecule has 0 bridgehead atoms. The zero-order valence-corrected chi connectivity index (χ0v) is 13.7. The van der Waals surface area contributed by atoms with Gasteiger partial charge in [0.25, 0.3) is 0 Å². The van der Waals surface area contributed by atoms with Crippen molar-refractivity contribution in [1.29, 1.82) is 0 Å². The summed E-state index contributed by atoms with van der Waals surface area (Å²) in [4.78, 5) is 2.39. The minimum atomic E-state index is 0.151. The van der Waals surface area contributed by atoms with Crippen LogP contribution in [0.5, 0.6) is 0 Å². The number of hydrogen-bond donors (Lipinski definition) is 1. The lowest BCUT2D eigenvalue weighted by Crippen LogP contribution is -2.44. The van der Waals surface area contributed by atoms with Crippen LogP contribution < -0.4 is 5.32 Å². The van der Waals surface area contributed by atoms with Crippen LogP contribution >= 0.6 is 0 Å². The summed E-state index contributed by atoms with van der Waals surface area (Å²) in [6, 6.07) is 6.28. The number of nitrogens with zero attached hydrogens (tertiary/aromatic N) is 5. The Morgan fingerprint density at radius 1 is 1.39 bits per heavy atom. The average Bonchev–Trinajstić information content (AvgIpc) is 3.03. The first-order valence-electron chi connectivity index (χ1n) is 8.10. The number of ether oxygens (including phenoxy) is 1. The van der Waals surface area contributed by atoms with Crippen molar-refractivity contribution in [2.24, 2.45) is 0 Å². The van der Waals surface area contributed by atoms with Crippen molar-refractivity contribution in [2.75, 3.05) is 31.6 Å². The molecule has 0 aromatic carbocycles. The Morgan fingerprint density at radius 3 is 3.04 bits per heavy atom. The predicted octanol–water partition coefficient (Wildman–Crippen LogP) is 1.57. The molecule has 0 radical (unpaired) electrons. The Balaban J connectivity index is 1.49. The van der Waals surface area contributed by atoms with Gasteiger partial charge in [-0.1, -0.05) is 0 Å². The molecule has 1 fully saturated rings. The van der Waals surface area contributed by atoms with Crippen LogP contribution in [0.2, 0.25) is 0 Å². The highest BCUT2D eigenvalue weighted by Crippen LogP contribution is 2.11. The molecular weight excluding hydrogens is 292 g/mol. The number of hydrogen-bond acceptors (Lipinski definition) is 6. The maximum Gasteiger partial charge on any atom is 0.148 e. The summed E-state index contributed by atoms with van der Waals surface area (Å²) < 4.78 is 7.84. The molecule has 7 nitrogen and oxygen atoms in total. The van der Waals surface area contributed by atoms with Crippen LogP contribution in [0.15, 0.2) is 30.6 Å². The molecule has 1 saturated heterocycles. The molecule has 1 N–H and O–H groups in total. The van der Waals surface area contributed by atoms with Crippen molar-refractivity contribution >= 4 is 5.82 Å². The second-order valence-corrected chi connectivity index (χ2v) is 6.10. The van der Waals surface area contributed by atoms with Gasteiger partial charge in [-0.15, -0.1) is 5.10 Å². The van der Waals surface area contributed by atoms with Gasteiger partial charge in [-0.05, 0) is 32.0 Å². The maximum absolute atomic E-state index is 5.83. The van der Waals surface area contributed by atoms with Gasteiger partial charge in [-0.2, -0.15) is 10.2 Å². The Morgan fingerprint density at radius 2 is 2.30 bits per heavy atom. The highest BCUT2D eigenvalue weighted by atomic mass is 16.5. The van der Waals surface area contributed by atoms with Crippen molar-refractivity contribution in [1.82, 2.24) is 24.9 Å².